The summed E-state index contributed by atoms with van der Waals surface area (Å²) in [6.07, 6.45) is 4.05. The molecule has 1 N–H and O–H groups in total. The summed E-state index contributed by atoms with van der Waals surface area (Å²) in [5, 5.41) is 19.8. The standard InChI is InChI=1S/C27H24N6O2/c1-35-27-25-26(28-15-29-27)33(16-30-25)13-19-12-20(14-34)22-21(19)23(17-8-4-2-5-9-17)31-32-24(22)18-10-6-3-7-11-18/h2-11,15-16,19-20,34H,12-14H2,1H3/t19-,20+/m0/s1. The predicted octanol–water partition coefficient (Wildman–Crippen LogP) is 4.22. The third-order valence-electron chi connectivity index (χ3n) is 6.73. The molecular weight excluding hydrogens is 440 g/mol. The number of benzene rings is 2. The minimum atomic E-state index is -0.0397. The first-order valence-corrected chi connectivity index (χ1v) is 11.6. The van der Waals surface area contributed by atoms with Crippen LogP contribution in [0.2, 0.25) is 0 Å². The van der Waals surface area contributed by atoms with Crippen molar-refractivity contribution in [2.75, 3.05) is 13.7 Å². The Labute approximate surface area is 202 Å². The first-order chi connectivity index (χ1) is 17.3. The van der Waals surface area contributed by atoms with Gasteiger partial charge in [0.2, 0.25) is 5.88 Å². The highest BCUT2D eigenvalue weighted by molar-refractivity contribution is 5.76. The number of aliphatic hydroxyl groups is 1. The van der Waals surface area contributed by atoms with Crippen molar-refractivity contribution in [1.82, 2.24) is 29.7 Å². The summed E-state index contributed by atoms with van der Waals surface area (Å²) in [4.78, 5) is 13.1. The highest BCUT2D eigenvalue weighted by atomic mass is 16.5. The van der Waals surface area contributed by atoms with Crippen LogP contribution >= 0.6 is 0 Å². The number of aliphatic hydroxyl groups excluding tert-OH is 1. The molecule has 8 nitrogen and oxygen atoms in total. The molecule has 5 aromatic rings. The normalized spacial score (nSPS) is 17.0. The molecule has 0 spiro atoms. The van der Waals surface area contributed by atoms with Crippen molar-refractivity contribution in [3.8, 4) is 28.4 Å². The number of fused-ring (bicyclic) bond motifs is 2. The minimum absolute atomic E-state index is 0.0397. The van der Waals surface area contributed by atoms with Crippen LogP contribution in [0.15, 0.2) is 73.3 Å². The van der Waals surface area contributed by atoms with Crippen molar-refractivity contribution in [2.45, 2.75) is 24.8 Å². The van der Waals surface area contributed by atoms with E-state index in [1.54, 1.807) is 13.4 Å². The molecule has 0 radical (unpaired) electrons. The van der Waals surface area contributed by atoms with Crippen LogP contribution in [-0.4, -0.2) is 48.5 Å². The SMILES string of the molecule is COc1ncnc2c1ncn2C[C@@H]1C[C@H](CO)c2c(-c3ccccc3)nnc(-c3ccccc3)c21. The summed E-state index contributed by atoms with van der Waals surface area (Å²) < 4.78 is 7.40. The Bertz CT molecular complexity index is 1490. The molecule has 35 heavy (non-hydrogen) atoms. The van der Waals surface area contributed by atoms with Gasteiger partial charge in [0, 0.05) is 29.5 Å². The molecule has 3 aromatic heterocycles. The Morgan fingerprint density at radius 2 is 1.49 bits per heavy atom. The fourth-order valence-electron chi connectivity index (χ4n) is 5.20. The van der Waals surface area contributed by atoms with Crippen molar-refractivity contribution < 1.29 is 9.84 Å². The molecule has 0 saturated carbocycles. The molecule has 0 bridgehead atoms. The van der Waals surface area contributed by atoms with Crippen LogP contribution in [0.3, 0.4) is 0 Å². The van der Waals surface area contributed by atoms with Gasteiger partial charge in [-0.3, -0.25) is 0 Å². The quantitative estimate of drug-likeness (QED) is 0.402. The third-order valence-corrected chi connectivity index (χ3v) is 6.73. The maximum atomic E-state index is 10.4. The van der Waals surface area contributed by atoms with E-state index in [9.17, 15) is 5.11 Å². The van der Waals surface area contributed by atoms with Gasteiger partial charge in [0.25, 0.3) is 0 Å². The van der Waals surface area contributed by atoms with Crippen LogP contribution in [0.4, 0.5) is 0 Å². The molecule has 1 aliphatic rings. The maximum Gasteiger partial charge on any atom is 0.245 e. The van der Waals surface area contributed by atoms with E-state index < -0.39 is 0 Å². The lowest BCUT2D eigenvalue weighted by atomic mass is 9.93. The van der Waals surface area contributed by atoms with Crippen LogP contribution in [0.5, 0.6) is 5.88 Å². The molecule has 3 heterocycles. The first-order valence-electron chi connectivity index (χ1n) is 11.6. The summed E-state index contributed by atoms with van der Waals surface area (Å²) in [5.41, 5.74) is 7.27. The topological polar surface area (TPSA) is 98.8 Å². The van der Waals surface area contributed by atoms with Crippen molar-refractivity contribution in [2.24, 2.45) is 0 Å². The number of hydrogen-bond donors (Lipinski definition) is 1. The molecule has 0 saturated heterocycles. The molecule has 0 aliphatic heterocycles. The van der Waals surface area contributed by atoms with E-state index in [1.165, 1.54) is 6.33 Å². The van der Waals surface area contributed by atoms with Gasteiger partial charge in [-0.1, -0.05) is 60.7 Å². The van der Waals surface area contributed by atoms with E-state index >= 15 is 0 Å². The second-order valence-corrected chi connectivity index (χ2v) is 8.72. The molecule has 1 aliphatic carbocycles. The van der Waals surface area contributed by atoms with Crippen molar-refractivity contribution in [3.05, 3.63) is 84.4 Å². The average molecular weight is 465 g/mol. The number of imidazole rings is 1. The lowest BCUT2D eigenvalue weighted by Crippen LogP contribution is -2.09. The number of aromatic nitrogens is 6. The van der Waals surface area contributed by atoms with E-state index in [2.05, 4.69) is 32.2 Å². The molecule has 2 aromatic carbocycles. The second kappa shape index (κ2) is 8.88. The maximum absolute atomic E-state index is 10.4. The third kappa shape index (κ3) is 3.63. The van der Waals surface area contributed by atoms with Crippen LogP contribution in [-0.2, 0) is 6.54 Å². The van der Waals surface area contributed by atoms with E-state index in [0.717, 1.165) is 45.7 Å². The number of rotatable bonds is 6. The van der Waals surface area contributed by atoms with Gasteiger partial charge >= 0.3 is 0 Å². The fourth-order valence-corrected chi connectivity index (χ4v) is 5.20. The Morgan fingerprint density at radius 3 is 2.09 bits per heavy atom. The van der Waals surface area contributed by atoms with Crippen molar-refractivity contribution >= 4 is 11.2 Å². The molecule has 174 valence electrons. The van der Waals surface area contributed by atoms with Gasteiger partial charge < -0.3 is 14.4 Å². The van der Waals surface area contributed by atoms with Gasteiger partial charge in [-0.05, 0) is 17.5 Å². The smallest absolute Gasteiger partial charge is 0.245 e. The van der Waals surface area contributed by atoms with E-state index in [0.29, 0.717) is 17.9 Å². The Balaban J connectivity index is 1.53. The number of nitrogens with zero attached hydrogens (tertiary/aromatic N) is 6. The van der Waals surface area contributed by atoms with Crippen LogP contribution in [0.25, 0.3) is 33.7 Å². The zero-order chi connectivity index (χ0) is 23.8. The van der Waals surface area contributed by atoms with E-state index in [4.69, 9.17) is 9.84 Å². The monoisotopic (exact) mass is 464 g/mol. The van der Waals surface area contributed by atoms with Crippen LogP contribution in [0.1, 0.15) is 29.4 Å². The van der Waals surface area contributed by atoms with Gasteiger partial charge in [0.05, 0.1) is 31.4 Å². The van der Waals surface area contributed by atoms with Crippen LogP contribution < -0.4 is 4.74 Å². The lowest BCUT2D eigenvalue weighted by Gasteiger charge is -2.17. The van der Waals surface area contributed by atoms with E-state index in [-0.39, 0.29) is 18.4 Å². The van der Waals surface area contributed by atoms with Gasteiger partial charge in [-0.2, -0.15) is 4.98 Å². The zero-order valence-electron chi connectivity index (χ0n) is 19.2. The summed E-state index contributed by atoms with van der Waals surface area (Å²) in [6, 6.07) is 20.2. The molecule has 0 unspecified atom stereocenters. The summed E-state index contributed by atoms with van der Waals surface area (Å²) >= 11 is 0. The van der Waals surface area contributed by atoms with Gasteiger partial charge in [-0.15, -0.1) is 10.2 Å². The highest BCUT2D eigenvalue weighted by Gasteiger charge is 2.37. The second-order valence-electron chi connectivity index (χ2n) is 8.72. The summed E-state index contributed by atoms with van der Waals surface area (Å²) in [5.74, 6) is 0.506. The average Bonchev–Trinajstić information content (AvgIpc) is 3.51. The van der Waals surface area contributed by atoms with Gasteiger partial charge in [0.1, 0.15) is 6.33 Å². The number of hydrogen-bond acceptors (Lipinski definition) is 7. The van der Waals surface area contributed by atoms with Crippen molar-refractivity contribution in [3.63, 3.8) is 0 Å². The fraction of sp³-hybridized carbons (Fsp3) is 0.222. The molecule has 8 heteroatoms. The largest absolute Gasteiger partial charge is 0.479 e. The van der Waals surface area contributed by atoms with Crippen molar-refractivity contribution in [1.29, 1.82) is 0 Å². The summed E-state index contributed by atoms with van der Waals surface area (Å²) in [6.45, 7) is 0.684. The van der Waals surface area contributed by atoms with Crippen LogP contribution in [0, 0.1) is 0 Å². The summed E-state index contributed by atoms with van der Waals surface area (Å²) in [7, 11) is 1.58. The number of methoxy groups -OCH3 is 1. The van der Waals surface area contributed by atoms with Gasteiger partial charge in [-0.25, -0.2) is 9.97 Å². The highest BCUT2D eigenvalue weighted by Crippen LogP contribution is 2.49. The van der Waals surface area contributed by atoms with E-state index in [1.807, 2.05) is 53.1 Å². The predicted molar refractivity (Wildman–Crippen MR) is 132 cm³/mol. The Hall–Kier alpha value is -4.17. The molecular formula is C27H24N6O2. The molecule has 0 amide bonds. The van der Waals surface area contributed by atoms with Gasteiger partial charge in [0.15, 0.2) is 11.2 Å². The molecule has 0 fully saturated rings. The zero-order valence-corrected chi connectivity index (χ0v) is 19.2. The number of ether oxygens (including phenoxy) is 1. The first kappa shape index (κ1) is 21.4. The minimum Gasteiger partial charge on any atom is -0.479 e. The molecule has 6 rings (SSSR count). The Morgan fingerprint density at radius 1 is 0.857 bits per heavy atom. The Kier molecular flexibility index (Phi) is 5.42. The molecule has 2 atom stereocenters. The lowest BCUT2D eigenvalue weighted by molar-refractivity contribution is 0.260.